The predicted molar refractivity (Wildman–Crippen MR) is 95.2 cm³/mol. The number of aromatic nitrogens is 4. The van der Waals surface area contributed by atoms with Gasteiger partial charge in [0.25, 0.3) is 0 Å². The first kappa shape index (κ1) is 17.1. The van der Waals surface area contributed by atoms with Gasteiger partial charge in [0.2, 0.25) is 0 Å². The molecule has 0 radical (unpaired) electrons. The summed E-state index contributed by atoms with van der Waals surface area (Å²) in [7, 11) is 0. The molecule has 1 aliphatic heterocycles. The van der Waals surface area contributed by atoms with Crippen LogP contribution in [0.25, 0.3) is 5.69 Å². The number of rotatable bonds is 4. The number of alkyl halides is 1. The standard InChI is InChI=1S/C18H12ClFN6O/c19-17-6-14(3-4-23-17)18(9-20)7-15(25-27-18)12-1-2-16(13(5-12)8-21)26-11-22-10-24-26/h1-6,10-11H,7,9H2. The first-order chi connectivity index (χ1) is 13.1. The Morgan fingerprint density at radius 3 is 2.93 bits per heavy atom. The van der Waals surface area contributed by atoms with Crippen molar-refractivity contribution in [2.45, 2.75) is 12.0 Å². The lowest BCUT2D eigenvalue weighted by atomic mass is 9.88. The average molecular weight is 383 g/mol. The van der Waals surface area contributed by atoms with Gasteiger partial charge < -0.3 is 4.84 Å². The fourth-order valence-corrected chi connectivity index (χ4v) is 3.13. The van der Waals surface area contributed by atoms with Gasteiger partial charge in [0, 0.05) is 23.7 Å². The fraction of sp³-hybridized carbons (Fsp3) is 0.167. The molecule has 1 aliphatic rings. The molecule has 3 heterocycles. The number of nitrogens with zero attached hydrogens (tertiary/aromatic N) is 6. The van der Waals surface area contributed by atoms with Crippen LogP contribution in [-0.2, 0) is 10.4 Å². The van der Waals surface area contributed by atoms with E-state index in [2.05, 4.69) is 26.3 Å². The van der Waals surface area contributed by atoms with Gasteiger partial charge in [-0.25, -0.2) is 19.0 Å². The average Bonchev–Trinajstić information content (AvgIpc) is 3.38. The molecule has 1 atom stereocenters. The molecule has 0 fully saturated rings. The summed E-state index contributed by atoms with van der Waals surface area (Å²) in [6.45, 7) is -0.775. The molecule has 0 saturated heterocycles. The molecule has 7 nitrogen and oxygen atoms in total. The Hall–Kier alpha value is -3.31. The van der Waals surface area contributed by atoms with E-state index in [0.717, 1.165) is 0 Å². The van der Waals surface area contributed by atoms with Crippen molar-refractivity contribution in [3.05, 3.63) is 71.0 Å². The summed E-state index contributed by atoms with van der Waals surface area (Å²) in [4.78, 5) is 13.3. The SMILES string of the molecule is N#Cc1cc(C2=NOC(CF)(c3ccnc(Cl)c3)C2)ccc1-n1cncn1. The highest BCUT2D eigenvalue weighted by atomic mass is 35.5. The number of nitriles is 1. The van der Waals surface area contributed by atoms with E-state index < -0.39 is 12.3 Å². The largest absolute Gasteiger partial charge is 0.381 e. The van der Waals surface area contributed by atoms with Gasteiger partial charge in [-0.1, -0.05) is 22.8 Å². The van der Waals surface area contributed by atoms with Gasteiger partial charge in [-0.3, -0.25) is 0 Å². The maximum atomic E-state index is 13.9. The molecular formula is C18H12ClFN6O. The predicted octanol–water partition coefficient (Wildman–Crippen LogP) is 3.18. The second kappa shape index (κ2) is 6.78. The highest BCUT2D eigenvalue weighted by Crippen LogP contribution is 2.37. The van der Waals surface area contributed by atoms with Gasteiger partial charge in [-0.2, -0.15) is 10.4 Å². The van der Waals surface area contributed by atoms with Crippen LogP contribution in [0.15, 0.2) is 54.3 Å². The van der Waals surface area contributed by atoms with Crippen molar-refractivity contribution in [2.75, 3.05) is 6.67 Å². The third-order valence-electron chi connectivity index (χ3n) is 4.37. The van der Waals surface area contributed by atoms with E-state index in [0.29, 0.717) is 28.1 Å². The van der Waals surface area contributed by atoms with Gasteiger partial charge >= 0.3 is 0 Å². The van der Waals surface area contributed by atoms with E-state index in [1.807, 2.05) is 0 Å². The van der Waals surface area contributed by atoms with E-state index in [1.165, 1.54) is 23.5 Å². The topological polar surface area (TPSA) is 89.0 Å². The summed E-state index contributed by atoms with van der Waals surface area (Å²) in [6.07, 6.45) is 4.60. The Kier molecular flexibility index (Phi) is 4.30. The molecule has 27 heavy (non-hydrogen) atoms. The van der Waals surface area contributed by atoms with Crippen molar-refractivity contribution in [3.8, 4) is 11.8 Å². The molecular weight excluding hydrogens is 371 g/mol. The number of pyridine rings is 1. The van der Waals surface area contributed by atoms with E-state index >= 15 is 0 Å². The molecule has 0 aliphatic carbocycles. The molecule has 2 aromatic heterocycles. The van der Waals surface area contributed by atoms with E-state index in [9.17, 15) is 9.65 Å². The monoisotopic (exact) mass is 382 g/mol. The van der Waals surface area contributed by atoms with Crippen molar-refractivity contribution in [1.82, 2.24) is 19.7 Å². The van der Waals surface area contributed by atoms with Gasteiger partial charge in [0.05, 0.1) is 17.0 Å². The third-order valence-corrected chi connectivity index (χ3v) is 4.57. The van der Waals surface area contributed by atoms with Crippen LogP contribution in [-0.4, -0.2) is 32.1 Å². The lowest BCUT2D eigenvalue weighted by Crippen LogP contribution is -2.29. The first-order valence-corrected chi connectivity index (χ1v) is 8.35. The summed E-state index contributed by atoms with van der Waals surface area (Å²) in [5.74, 6) is 0. The number of oxime groups is 1. The van der Waals surface area contributed by atoms with Crippen molar-refractivity contribution in [1.29, 1.82) is 5.26 Å². The zero-order chi connectivity index (χ0) is 18.9. The third kappa shape index (κ3) is 3.02. The van der Waals surface area contributed by atoms with Gasteiger partial charge in [0.1, 0.15) is 30.6 Å². The summed E-state index contributed by atoms with van der Waals surface area (Å²) in [5, 5.41) is 17.8. The van der Waals surface area contributed by atoms with Crippen LogP contribution in [0.3, 0.4) is 0 Å². The summed E-state index contributed by atoms with van der Waals surface area (Å²) >= 11 is 5.93. The van der Waals surface area contributed by atoms with Crippen molar-refractivity contribution >= 4 is 17.3 Å². The first-order valence-electron chi connectivity index (χ1n) is 7.98. The maximum Gasteiger partial charge on any atom is 0.196 e. The van der Waals surface area contributed by atoms with Gasteiger partial charge in [-0.15, -0.1) is 0 Å². The second-order valence-corrected chi connectivity index (χ2v) is 6.37. The number of hydrogen-bond donors (Lipinski definition) is 0. The number of benzene rings is 1. The lowest BCUT2D eigenvalue weighted by Gasteiger charge is -2.23. The minimum absolute atomic E-state index is 0.206. The van der Waals surface area contributed by atoms with Crippen LogP contribution in [0.4, 0.5) is 4.39 Å². The number of halogens is 2. The van der Waals surface area contributed by atoms with Gasteiger partial charge in [0.15, 0.2) is 5.60 Å². The maximum absolute atomic E-state index is 13.9. The number of hydrogen-bond acceptors (Lipinski definition) is 6. The molecule has 0 spiro atoms. The molecule has 134 valence electrons. The zero-order valence-corrected chi connectivity index (χ0v) is 14.6. The highest BCUT2D eigenvalue weighted by Gasteiger charge is 2.42. The molecule has 9 heteroatoms. The fourth-order valence-electron chi connectivity index (χ4n) is 2.96. The summed E-state index contributed by atoms with van der Waals surface area (Å²) < 4.78 is 15.4. The molecule has 0 N–H and O–H groups in total. The van der Waals surface area contributed by atoms with Crippen LogP contribution in [0.2, 0.25) is 5.15 Å². The minimum Gasteiger partial charge on any atom is -0.381 e. The molecule has 0 saturated carbocycles. The second-order valence-electron chi connectivity index (χ2n) is 5.98. The van der Waals surface area contributed by atoms with Crippen LogP contribution >= 0.6 is 11.6 Å². The minimum atomic E-state index is -1.25. The van der Waals surface area contributed by atoms with Crippen molar-refractivity contribution in [2.24, 2.45) is 5.16 Å². The molecule has 4 rings (SSSR count). The molecule has 0 bridgehead atoms. The van der Waals surface area contributed by atoms with Crippen LogP contribution in [0.5, 0.6) is 0 Å². The molecule has 1 aromatic carbocycles. The summed E-state index contributed by atoms with van der Waals surface area (Å²) in [5.41, 5.74) is 1.51. The summed E-state index contributed by atoms with van der Waals surface area (Å²) in [6, 6.07) is 10.6. The highest BCUT2D eigenvalue weighted by molar-refractivity contribution is 6.29. The molecule has 0 amide bonds. The smallest absolute Gasteiger partial charge is 0.196 e. The lowest BCUT2D eigenvalue weighted by molar-refractivity contribution is -0.0408. The Balaban J connectivity index is 1.66. The molecule has 1 unspecified atom stereocenters. The van der Waals surface area contributed by atoms with E-state index in [1.54, 1.807) is 30.3 Å². The van der Waals surface area contributed by atoms with E-state index in [-0.39, 0.29) is 11.6 Å². The zero-order valence-electron chi connectivity index (χ0n) is 13.9. The normalized spacial score (nSPS) is 18.6. The van der Waals surface area contributed by atoms with Crippen LogP contribution in [0, 0.1) is 11.3 Å². The Morgan fingerprint density at radius 2 is 2.22 bits per heavy atom. The Labute approximate surface area is 158 Å². The van der Waals surface area contributed by atoms with Crippen molar-refractivity contribution < 1.29 is 9.23 Å². The molecule has 3 aromatic rings. The van der Waals surface area contributed by atoms with Gasteiger partial charge in [-0.05, 0) is 24.3 Å². The Bertz CT molecular complexity index is 1060. The quantitative estimate of drug-likeness (QED) is 0.646. The van der Waals surface area contributed by atoms with Crippen molar-refractivity contribution in [3.63, 3.8) is 0 Å². The van der Waals surface area contributed by atoms with E-state index in [4.69, 9.17) is 16.4 Å². The Morgan fingerprint density at radius 1 is 1.33 bits per heavy atom. The van der Waals surface area contributed by atoms with Crippen LogP contribution < -0.4 is 0 Å². The van der Waals surface area contributed by atoms with Crippen LogP contribution in [0.1, 0.15) is 23.1 Å².